The predicted octanol–water partition coefficient (Wildman–Crippen LogP) is 0.798. The third kappa shape index (κ3) is 2.97. The van der Waals surface area contributed by atoms with Crippen molar-refractivity contribution in [3.8, 4) is 5.75 Å². The molecule has 1 aromatic rings. The molecule has 0 bridgehead atoms. The summed E-state index contributed by atoms with van der Waals surface area (Å²) in [5, 5.41) is 7.64. The van der Waals surface area contributed by atoms with E-state index in [1.54, 1.807) is 0 Å². The highest BCUT2D eigenvalue weighted by Crippen LogP contribution is 2.31. The Morgan fingerprint density at radius 3 is 2.62 bits per heavy atom. The molecule has 1 atom stereocenters. The average Bonchev–Trinajstić information content (AvgIpc) is 2.79. The number of hydrogen-bond acceptors (Lipinski definition) is 5. The van der Waals surface area contributed by atoms with Gasteiger partial charge in [-0.2, -0.15) is 8.42 Å². The lowest BCUT2D eigenvalue weighted by molar-refractivity contribution is -0.117. The van der Waals surface area contributed by atoms with Crippen LogP contribution in [0.1, 0.15) is 16.8 Å². The molecule has 1 aliphatic rings. The predicted molar refractivity (Wildman–Crippen MR) is 70.7 cm³/mol. The van der Waals surface area contributed by atoms with Crippen LogP contribution in [0.25, 0.3) is 0 Å². The number of halogens is 1. The first-order chi connectivity index (χ1) is 9.74. The lowest BCUT2D eigenvalue weighted by Gasteiger charge is -2.19. The number of amides is 1. The highest BCUT2D eigenvalue weighted by Gasteiger charge is 2.40. The third-order valence-corrected chi connectivity index (χ3v) is 4.33. The van der Waals surface area contributed by atoms with Gasteiger partial charge >= 0.3 is 16.2 Å². The number of carbonyl (C=O) groups excluding carboxylic acids is 1. The highest BCUT2D eigenvalue weighted by molar-refractivity contribution is 7.87. The van der Waals surface area contributed by atoms with E-state index in [0.29, 0.717) is 5.75 Å². The second kappa shape index (κ2) is 5.32. The van der Waals surface area contributed by atoms with Gasteiger partial charge in [0.1, 0.15) is 11.0 Å². The standard InChI is InChI=1S/C12H12FNO6S/c1-20-7-2-3-9(12(16)17)10(4-7)14-6-8(5-11(14)15)21(13,18)19/h2-4,8H,5-6H2,1H3,(H,16,17). The summed E-state index contributed by atoms with van der Waals surface area (Å²) in [5.74, 6) is -1.64. The minimum Gasteiger partial charge on any atom is -0.497 e. The third-order valence-electron chi connectivity index (χ3n) is 3.21. The number of carboxylic acids is 1. The van der Waals surface area contributed by atoms with Crippen molar-refractivity contribution in [1.29, 1.82) is 0 Å². The molecule has 21 heavy (non-hydrogen) atoms. The maximum Gasteiger partial charge on any atom is 0.337 e. The van der Waals surface area contributed by atoms with Gasteiger partial charge in [0.15, 0.2) is 0 Å². The summed E-state index contributed by atoms with van der Waals surface area (Å²) in [6.45, 7) is -0.425. The number of hydrogen-bond donors (Lipinski definition) is 1. The molecule has 0 aromatic heterocycles. The van der Waals surface area contributed by atoms with Crippen molar-refractivity contribution in [2.75, 3.05) is 18.6 Å². The molecule has 7 nitrogen and oxygen atoms in total. The van der Waals surface area contributed by atoms with Crippen LogP contribution in [0.4, 0.5) is 9.57 Å². The monoisotopic (exact) mass is 317 g/mol. The van der Waals surface area contributed by atoms with Crippen LogP contribution in [0.5, 0.6) is 5.75 Å². The summed E-state index contributed by atoms with van der Waals surface area (Å²) in [7, 11) is -3.51. The number of ether oxygens (including phenoxy) is 1. The van der Waals surface area contributed by atoms with E-state index in [4.69, 9.17) is 9.84 Å². The van der Waals surface area contributed by atoms with Crippen molar-refractivity contribution in [2.45, 2.75) is 11.7 Å². The fourth-order valence-corrected chi connectivity index (χ4v) is 2.81. The molecule has 0 spiro atoms. The van der Waals surface area contributed by atoms with Gasteiger partial charge in [0.05, 0.1) is 18.4 Å². The minimum atomic E-state index is -4.87. The van der Waals surface area contributed by atoms with Crippen LogP contribution in [-0.4, -0.2) is 44.3 Å². The fourth-order valence-electron chi connectivity index (χ4n) is 2.14. The van der Waals surface area contributed by atoms with Crippen molar-refractivity contribution < 1.29 is 31.7 Å². The van der Waals surface area contributed by atoms with E-state index in [-0.39, 0.29) is 11.3 Å². The first kappa shape index (κ1) is 15.2. The lowest BCUT2D eigenvalue weighted by atomic mass is 10.1. The largest absolute Gasteiger partial charge is 0.497 e. The Bertz CT molecular complexity index is 702. The van der Waals surface area contributed by atoms with Gasteiger partial charge in [0, 0.05) is 19.0 Å². The molecule has 1 saturated heterocycles. The molecule has 1 heterocycles. The maximum atomic E-state index is 13.0. The number of carbonyl (C=O) groups is 2. The number of nitrogens with zero attached hydrogens (tertiary/aromatic N) is 1. The molecule has 0 aliphatic carbocycles. The van der Waals surface area contributed by atoms with E-state index < -0.39 is 40.3 Å². The molecule has 0 radical (unpaired) electrons. The smallest absolute Gasteiger partial charge is 0.337 e. The first-order valence-corrected chi connectivity index (χ1v) is 7.34. The number of aromatic carboxylic acids is 1. The topological polar surface area (TPSA) is 101 Å². The first-order valence-electron chi connectivity index (χ1n) is 5.89. The molecule has 9 heteroatoms. The average molecular weight is 317 g/mol. The van der Waals surface area contributed by atoms with Crippen LogP contribution in [0.3, 0.4) is 0 Å². The Labute approximate surface area is 120 Å². The number of carboxylic acid groups (broad SMARTS) is 1. The zero-order chi connectivity index (χ0) is 15.8. The van der Waals surface area contributed by atoms with Crippen LogP contribution in [0.2, 0.25) is 0 Å². The molecule has 1 unspecified atom stereocenters. The molecule has 1 aromatic carbocycles. The van der Waals surface area contributed by atoms with E-state index in [1.807, 2.05) is 0 Å². The molecule has 2 rings (SSSR count). The summed E-state index contributed by atoms with van der Waals surface area (Å²) in [6, 6.07) is 3.94. The summed E-state index contributed by atoms with van der Waals surface area (Å²) in [5.41, 5.74) is -0.209. The fraction of sp³-hybridized carbons (Fsp3) is 0.333. The number of benzene rings is 1. The Morgan fingerprint density at radius 2 is 2.14 bits per heavy atom. The van der Waals surface area contributed by atoms with E-state index in [0.717, 1.165) is 4.90 Å². The van der Waals surface area contributed by atoms with Gasteiger partial charge in [-0.3, -0.25) is 4.79 Å². The van der Waals surface area contributed by atoms with E-state index >= 15 is 0 Å². The second-order valence-corrected chi connectivity index (χ2v) is 6.11. The molecule has 1 N–H and O–H groups in total. The van der Waals surface area contributed by atoms with Gasteiger partial charge in [-0.15, -0.1) is 3.89 Å². The quantitative estimate of drug-likeness (QED) is 0.824. The summed E-state index contributed by atoms with van der Waals surface area (Å²) in [4.78, 5) is 24.0. The molecule has 1 amide bonds. The van der Waals surface area contributed by atoms with Gasteiger partial charge in [0.25, 0.3) is 0 Å². The number of anilines is 1. The summed E-state index contributed by atoms with van der Waals surface area (Å²) in [6.07, 6.45) is -0.519. The highest BCUT2D eigenvalue weighted by atomic mass is 32.3. The maximum absolute atomic E-state index is 13.0. The van der Waals surface area contributed by atoms with Crippen molar-refractivity contribution in [2.24, 2.45) is 0 Å². The Kier molecular flexibility index (Phi) is 3.86. The Morgan fingerprint density at radius 1 is 1.48 bits per heavy atom. The van der Waals surface area contributed by atoms with Crippen molar-refractivity contribution in [1.82, 2.24) is 0 Å². The number of methoxy groups -OCH3 is 1. The zero-order valence-electron chi connectivity index (χ0n) is 10.9. The van der Waals surface area contributed by atoms with Crippen molar-refractivity contribution >= 4 is 27.8 Å². The summed E-state index contributed by atoms with van der Waals surface area (Å²) >= 11 is 0. The molecule has 0 saturated carbocycles. The Hall–Kier alpha value is -2.16. The van der Waals surface area contributed by atoms with E-state index in [2.05, 4.69) is 0 Å². The van der Waals surface area contributed by atoms with Gasteiger partial charge in [0.2, 0.25) is 5.91 Å². The van der Waals surface area contributed by atoms with Crippen LogP contribution in [-0.2, 0) is 15.0 Å². The second-order valence-electron chi connectivity index (χ2n) is 4.49. The normalized spacial score (nSPS) is 18.9. The van der Waals surface area contributed by atoms with Gasteiger partial charge < -0.3 is 14.7 Å². The van der Waals surface area contributed by atoms with Crippen LogP contribution < -0.4 is 9.64 Å². The van der Waals surface area contributed by atoms with Crippen LogP contribution in [0, 0.1) is 0 Å². The lowest BCUT2D eigenvalue weighted by Crippen LogP contribution is -2.28. The Balaban J connectivity index is 2.46. The van der Waals surface area contributed by atoms with Crippen molar-refractivity contribution in [3.63, 3.8) is 0 Å². The van der Waals surface area contributed by atoms with Gasteiger partial charge in [-0.25, -0.2) is 4.79 Å². The molecule has 1 aliphatic heterocycles. The molecular weight excluding hydrogens is 305 g/mol. The van der Waals surface area contributed by atoms with Gasteiger partial charge in [-0.1, -0.05) is 0 Å². The van der Waals surface area contributed by atoms with Crippen LogP contribution >= 0.6 is 0 Å². The molecule has 1 fully saturated rings. The van der Waals surface area contributed by atoms with E-state index in [1.165, 1.54) is 25.3 Å². The van der Waals surface area contributed by atoms with Gasteiger partial charge in [-0.05, 0) is 12.1 Å². The SMILES string of the molecule is COc1ccc(C(=O)O)c(N2CC(S(=O)(=O)F)CC2=O)c1. The molecular formula is C12H12FNO6S. The number of rotatable bonds is 4. The minimum absolute atomic E-state index is 0.0157. The zero-order valence-corrected chi connectivity index (χ0v) is 11.8. The van der Waals surface area contributed by atoms with Crippen molar-refractivity contribution in [3.05, 3.63) is 23.8 Å². The summed E-state index contributed by atoms with van der Waals surface area (Å²) < 4.78 is 39.8. The van der Waals surface area contributed by atoms with E-state index in [9.17, 15) is 21.9 Å². The molecule has 114 valence electrons. The van der Waals surface area contributed by atoms with Crippen LogP contribution in [0.15, 0.2) is 18.2 Å².